The van der Waals surface area contributed by atoms with Crippen molar-refractivity contribution >= 4 is 17.3 Å². The molecule has 0 spiro atoms. The number of hydrogen-bond acceptors (Lipinski definition) is 4. The molecule has 1 aliphatic rings. The van der Waals surface area contributed by atoms with Gasteiger partial charge in [0.15, 0.2) is 0 Å². The minimum absolute atomic E-state index is 0.00165. The van der Waals surface area contributed by atoms with Crippen LogP contribution in [0.2, 0.25) is 0 Å². The maximum absolute atomic E-state index is 13.5. The second-order valence-corrected chi connectivity index (χ2v) is 5.53. The van der Waals surface area contributed by atoms with E-state index >= 15 is 0 Å². The third kappa shape index (κ3) is 3.08. The van der Waals surface area contributed by atoms with Crippen LogP contribution in [-0.2, 0) is 4.79 Å². The first-order valence-electron chi connectivity index (χ1n) is 7.36. The quantitative estimate of drug-likeness (QED) is 0.850. The highest BCUT2D eigenvalue weighted by Crippen LogP contribution is 2.32. The molecule has 3 rings (SSSR count). The van der Waals surface area contributed by atoms with E-state index in [4.69, 9.17) is 10.1 Å². The first-order chi connectivity index (χ1) is 11.1. The molecule has 2 heterocycles. The molecule has 1 aromatic heterocycles. The Morgan fingerprint density at radius 1 is 1.57 bits per heavy atom. The van der Waals surface area contributed by atoms with Gasteiger partial charge in [-0.2, -0.15) is 5.10 Å². The van der Waals surface area contributed by atoms with Gasteiger partial charge in [0.25, 0.3) is 5.91 Å². The molecule has 7 heteroatoms. The summed E-state index contributed by atoms with van der Waals surface area (Å²) in [5.74, 6) is -0.402. The Kier molecular flexibility index (Phi) is 4.10. The smallest absolute Gasteiger partial charge is 0.272 e. The van der Waals surface area contributed by atoms with Crippen LogP contribution in [-0.4, -0.2) is 35.0 Å². The number of hydrogen-bond donors (Lipinski definition) is 2. The zero-order valence-corrected chi connectivity index (χ0v) is 12.7. The molecule has 1 atom stereocenters. The number of aromatic nitrogens is 2. The number of carbonyl (C=O) groups excluding carboxylic acids is 1. The standard InChI is InChI=1S/C16H17FN4O2/c1-10(11-8-19-20-9-11)6-13(18)16(22)21-4-5-23-15-3-2-12(17)7-14(15)21/h2-3,7-10,18H,4-6H2,1H3,(H,19,20). The van der Waals surface area contributed by atoms with Gasteiger partial charge in [-0.1, -0.05) is 6.92 Å². The highest BCUT2D eigenvalue weighted by molar-refractivity contribution is 6.42. The van der Waals surface area contributed by atoms with Gasteiger partial charge in [0.05, 0.1) is 24.1 Å². The van der Waals surface area contributed by atoms with Crippen LogP contribution in [0.15, 0.2) is 30.6 Å². The SMILES string of the molecule is CC(CC(=N)C(=O)N1CCOc2ccc(F)cc21)c1cn[nH]c1. The maximum Gasteiger partial charge on any atom is 0.272 e. The summed E-state index contributed by atoms with van der Waals surface area (Å²) in [5, 5.41) is 14.7. The van der Waals surface area contributed by atoms with E-state index in [1.54, 1.807) is 12.4 Å². The van der Waals surface area contributed by atoms with Crippen LogP contribution < -0.4 is 9.64 Å². The summed E-state index contributed by atoms with van der Waals surface area (Å²) in [6.07, 6.45) is 3.73. The summed E-state index contributed by atoms with van der Waals surface area (Å²) in [6.45, 7) is 2.56. The molecule has 1 aliphatic heterocycles. The van der Waals surface area contributed by atoms with Gasteiger partial charge < -0.3 is 9.64 Å². The fourth-order valence-corrected chi connectivity index (χ4v) is 2.61. The number of benzene rings is 1. The lowest BCUT2D eigenvalue weighted by atomic mass is 9.97. The van der Waals surface area contributed by atoms with Crippen molar-refractivity contribution in [1.82, 2.24) is 10.2 Å². The number of ether oxygens (including phenoxy) is 1. The summed E-state index contributed by atoms with van der Waals surface area (Å²) in [5.41, 5.74) is 1.30. The van der Waals surface area contributed by atoms with Crippen LogP contribution in [0.4, 0.5) is 10.1 Å². The van der Waals surface area contributed by atoms with Gasteiger partial charge in [0.2, 0.25) is 0 Å². The van der Waals surface area contributed by atoms with E-state index in [1.165, 1.54) is 23.1 Å². The number of amides is 1. The second-order valence-electron chi connectivity index (χ2n) is 5.53. The second kappa shape index (κ2) is 6.20. The van der Waals surface area contributed by atoms with Gasteiger partial charge in [-0.15, -0.1) is 0 Å². The Morgan fingerprint density at radius 2 is 2.39 bits per heavy atom. The number of halogens is 1. The average Bonchev–Trinajstić information content (AvgIpc) is 3.08. The van der Waals surface area contributed by atoms with Gasteiger partial charge in [-0.25, -0.2) is 4.39 Å². The summed E-state index contributed by atoms with van der Waals surface area (Å²) < 4.78 is 18.9. The molecule has 120 valence electrons. The number of rotatable bonds is 4. The molecule has 0 bridgehead atoms. The molecule has 2 N–H and O–H groups in total. The van der Waals surface area contributed by atoms with Crippen molar-refractivity contribution in [3.63, 3.8) is 0 Å². The molecular weight excluding hydrogens is 299 g/mol. The minimum atomic E-state index is -0.439. The highest BCUT2D eigenvalue weighted by Gasteiger charge is 2.27. The molecule has 1 amide bonds. The number of aromatic amines is 1. The fourth-order valence-electron chi connectivity index (χ4n) is 2.61. The molecule has 2 aromatic rings. The minimum Gasteiger partial charge on any atom is -0.490 e. The van der Waals surface area contributed by atoms with Crippen LogP contribution in [0.5, 0.6) is 5.75 Å². The van der Waals surface area contributed by atoms with Crippen LogP contribution in [0.3, 0.4) is 0 Å². The molecule has 23 heavy (non-hydrogen) atoms. The number of H-pyrrole nitrogens is 1. The number of anilines is 1. The third-order valence-corrected chi connectivity index (χ3v) is 3.89. The van der Waals surface area contributed by atoms with Crippen molar-refractivity contribution < 1.29 is 13.9 Å². The van der Waals surface area contributed by atoms with Crippen molar-refractivity contribution in [2.24, 2.45) is 0 Å². The summed E-state index contributed by atoms with van der Waals surface area (Å²) in [7, 11) is 0. The lowest BCUT2D eigenvalue weighted by Crippen LogP contribution is -2.42. The first kappa shape index (κ1) is 15.2. The van der Waals surface area contributed by atoms with E-state index < -0.39 is 11.7 Å². The zero-order valence-electron chi connectivity index (χ0n) is 12.7. The van der Waals surface area contributed by atoms with Gasteiger partial charge in [0.1, 0.15) is 18.2 Å². The number of nitrogens with zero attached hydrogens (tertiary/aromatic N) is 2. The molecule has 0 aliphatic carbocycles. The lowest BCUT2D eigenvalue weighted by molar-refractivity contribution is -0.113. The van der Waals surface area contributed by atoms with E-state index in [0.29, 0.717) is 31.0 Å². The number of fused-ring (bicyclic) bond motifs is 1. The first-order valence-corrected chi connectivity index (χ1v) is 7.36. The van der Waals surface area contributed by atoms with E-state index in [1.807, 2.05) is 6.92 Å². The molecule has 1 unspecified atom stereocenters. The van der Waals surface area contributed by atoms with Crippen molar-refractivity contribution in [2.75, 3.05) is 18.1 Å². The van der Waals surface area contributed by atoms with Gasteiger partial charge in [-0.3, -0.25) is 15.3 Å². The van der Waals surface area contributed by atoms with Crippen molar-refractivity contribution in [3.05, 3.63) is 42.0 Å². The molecular formula is C16H17FN4O2. The zero-order chi connectivity index (χ0) is 16.4. The highest BCUT2D eigenvalue weighted by atomic mass is 19.1. The van der Waals surface area contributed by atoms with Crippen LogP contribution in [0.25, 0.3) is 0 Å². The van der Waals surface area contributed by atoms with Gasteiger partial charge in [-0.05, 0) is 23.6 Å². The predicted octanol–water partition coefficient (Wildman–Crippen LogP) is 2.49. The molecule has 1 aromatic carbocycles. The Bertz CT molecular complexity index is 730. The third-order valence-electron chi connectivity index (χ3n) is 3.89. The van der Waals surface area contributed by atoms with E-state index in [-0.39, 0.29) is 11.6 Å². The Labute approximate surface area is 132 Å². The Morgan fingerprint density at radius 3 is 3.13 bits per heavy atom. The van der Waals surface area contributed by atoms with Crippen LogP contribution in [0.1, 0.15) is 24.8 Å². The van der Waals surface area contributed by atoms with E-state index in [9.17, 15) is 9.18 Å². The molecule has 0 radical (unpaired) electrons. The molecule has 0 saturated heterocycles. The van der Waals surface area contributed by atoms with Gasteiger partial charge >= 0.3 is 0 Å². The molecule has 0 fully saturated rings. The average molecular weight is 316 g/mol. The normalized spacial score (nSPS) is 14.8. The molecule has 6 nitrogen and oxygen atoms in total. The van der Waals surface area contributed by atoms with E-state index in [0.717, 1.165) is 5.56 Å². The van der Waals surface area contributed by atoms with Crippen molar-refractivity contribution in [2.45, 2.75) is 19.3 Å². The largest absolute Gasteiger partial charge is 0.490 e. The monoisotopic (exact) mass is 316 g/mol. The van der Waals surface area contributed by atoms with E-state index in [2.05, 4.69) is 10.2 Å². The van der Waals surface area contributed by atoms with Crippen LogP contribution in [0, 0.1) is 11.2 Å². The Hall–Kier alpha value is -2.70. The summed E-state index contributed by atoms with van der Waals surface area (Å²) in [4.78, 5) is 14.0. The number of carbonyl (C=O) groups is 1. The lowest BCUT2D eigenvalue weighted by Gasteiger charge is -2.30. The predicted molar refractivity (Wildman–Crippen MR) is 83.6 cm³/mol. The summed E-state index contributed by atoms with van der Waals surface area (Å²) in [6, 6.07) is 4.06. The van der Waals surface area contributed by atoms with Crippen molar-refractivity contribution in [3.8, 4) is 5.75 Å². The topological polar surface area (TPSA) is 82.1 Å². The van der Waals surface area contributed by atoms with Gasteiger partial charge in [0, 0.05) is 18.7 Å². The summed E-state index contributed by atoms with van der Waals surface area (Å²) >= 11 is 0. The maximum atomic E-state index is 13.5. The fraction of sp³-hybridized carbons (Fsp3) is 0.312. The van der Waals surface area contributed by atoms with Crippen molar-refractivity contribution in [1.29, 1.82) is 5.41 Å². The van der Waals surface area contributed by atoms with Crippen LogP contribution >= 0.6 is 0 Å². The number of nitrogens with one attached hydrogen (secondary N) is 2. The Balaban J connectivity index is 1.76. The molecule has 0 saturated carbocycles.